The Hall–Kier alpha value is -1.87. The van der Waals surface area contributed by atoms with Crippen LogP contribution in [0.25, 0.3) is 0 Å². The minimum atomic E-state index is -1.79. The van der Waals surface area contributed by atoms with E-state index in [1.165, 1.54) is 6.07 Å². The van der Waals surface area contributed by atoms with E-state index >= 15 is 0 Å². The smallest absolute Gasteiger partial charge is 0.335 e. The van der Waals surface area contributed by atoms with E-state index in [1.54, 1.807) is 19.1 Å². The largest absolute Gasteiger partial charge is 0.504 e. The van der Waals surface area contributed by atoms with E-state index in [0.717, 1.165) is 0 Å². The normalized spacial score (nSPS) is 32.7. The molecule has 1 aliphatic heterocycles. The molecule has 0 amide bonds. The number of carboxylic acids is 1. The molecule has 1 aromatic carbocycles. The molecule has 1 aromatic rings. The lowest BCUT2D eigenvalue weighted by molar-refractivity contribution is -0.271. The zero-order chi connectivity index (χ0) is 15.7. The van der Waals surface area contributed by atoms with Crippen molar-refractivity contribution in [3.05, 3.63) is 23.8 Å². The Bertz CT molecular complexity index is 531. The van der Waals surface area contributed by atoms with Crippen molar-refractivity contribution >= 4 is 5.97 Å². The van der Waals surface area contributed by atoms with Crippen LogP contribution in [-0.2, 0) is 9.53 Å². The molecule has 5 atom stereocenters. The van der Waals surface area contributed by atoms with Crippen LogP contribution in [-0.4, -0.2) is 62.2 Å². The zero-order valence-electron chi connectivity index (χ0n) is 11.1. The first kappa shape index (κ1) is 15.5. The van der Waals surface area contributed by atoms with Crippen LogP contribution in [0, 0.1) is 6.92 Å². The number of para-hydroxylation sites is 1. The third kappa shape index (κ3) is 2.93. The summed E-state index contributed by atoms with van der Waals surface area (Å²) in [6, 6.07) is 4.60. The van der Waals surface area contributed by atoms with Gasteiger partial charge in [-0.2, -0.15) is 0 Å². The van der Waals surface area contributed by atoms with Crippen molar-refractivity contribution < 1.29 is 39.8 Å². The minimum Gasteiger partial charge on any atom is -0.504 e. The monoisotopic (exact) mass is 300 g/mol. The Morgan fingerprint density at radius 2 is 1.86 bits per heavy atom. The topological polar surface area (TPSA) is 137 Å². The standard InChI is InChI=1S/C13H16O8/c1-5-3-2-4-6(7(5)14)20-13-10(17)8(15)9(16)11(21-13)12(18)19/h2-4,8-11,13-17H,1H3,(H,18,19)/t8-,9-,10+,11-,13?/m0/s1. The minimum absolute atomic E-state index is 0.0354. The van der Waals surface area contributed by atoms with E-state index in [0.29, 0.717) is 5.56 Å². The van der Waals surface area contributed by atoms with Crippen molar-refractivity contribution in [1.82, 2.24) is 0 Å². The van der Waals surface area contributed by atoms with Crippen LogP contribution >= 0.6 is 0 Å². The summed E-state index contributed by atoms with van der Waals surface area (Å²) in [6.07, 6.45) is -8.51. The second-order valence-electron chi connectivity index (χ2n) is 4.77. The van der Waals surface area contributed by atoms with Gasteiger partial charge in [-0.3, -0.25) is 0 Å². The number of phenolic OH excluding ortho intramolecular Hbond substituents is 1. The predicted octanol–water partition coefficient (Wildman–Crippen LogP) is -1.03. The van der Waals surface area contributed by atoms with Gasteiger partial charge >= 0.3 is 5.97 Å². The average Bonchev–Trinajstić information content (AvgIpc) is 2.43. The molecule has 8 heteroatoms. The van der Waals surface area contributed by atoms with Gasteiger partial charge in [0.05, 0.1) is 0 Å². The lowest BCUT2D eigenvalue weighted by Crippen LogP contribution is -2.61. The quantitative estimate of drug-likeness (QED) is 0.478. The maximum absolute atomic E-state index is 11.0. The fraction of sp³-hybridized carbons (Fsp3) is 0.462. The highest BCUT2D eigenvalue weighted by Crippen LogP contribution is 2.32. The zero-order valence-corrected chi connectivity index (χ0v) is 11.1. The second kappa shape index (κ2) is 5.86. The summed E-state index contributed by atoms with van der Waals surface area (Å²) in [6.45, 7) is 1.62. The summed E-state index contributed by atoms with van der Waals surface area (Å²) in [5.74, 6) is -1.73. The molecule has 21 heavy (non-hydrogen) atoms. The number of aliphatic hydroxyl groups is 3. The van der Waals surface area contributed by atoms with E-state index < -0.39 is 36.7 Å². The Morgan fingerprint density at radius 3 is 2.48 bits per heavy atom. The third-order valence-corrected chi connectivity index (χ3v) is 3.26. The Balaban J connectivity index is 2.22. The molecule has 0 radical (unpaired) electrons. The van der Waals surface area contributed by atoms with Gasteiger partial charge in [-0.1, -0.05) is 12.1 Å². The fourth-order valence-corrected chi connectivity index (χ4v) is 2.00. The van der Waals surface area contributed by atoms with Crippen molar-refractivity contribution in [2.24, 2.45) is 0 Å². The molecule has 0 bridgehead atoms. The fourth-order valence-electron chi connectivity index (χ4n) is 2.00. The molecule has 0 saturated carbocycles. The van der Waals surface area contributed by atoms with Crippen LogP contribution in [0.15, 0.2) is 18.2 Å². The van der Waals surface area contributed by atoms with Crippen LogP contribution < -0.4 is 4.74 Å². The summed E-state index contributed by atoms with van der Waals surface area (Å²) in [7, 11) is 0. The molecule has 0 aromatic heterocycles. The predicted molar refractivity (Wildman–Crippen MR) is 67.8 cm³/mol. The third-order valence-electron chi connectivity index (χ3n) is 3.26. The molecule has 1 aliphatic rings. The summed E-state index contributed by atoms with van der Waals surface area (Å²) in [5.41, 5.74) is 0.508. The van der Waals surface area contributed by atoms with E-state index in [2.05, 4.69) is 0 Å². The van der Waals surface area contributed by atoms with Gasteiger partial charge in [0.2, 0.25) is 6.29 Å². The average molecular weight is 300 g/mol. The maximum Gasteiger partial charge on any atom is 0.335 e. The van der Waals surface area contributed by atoms with Gasteiger partial charge in [0.25, 0.3) is 0 Å². The molecule has 1 fully saturated rings. The van der Waals surface area contributed by atoms with Gasteiger partial charge in [-0.25, -0.2) is 4.79 Å². The molecule has 1 unspecified atom stereocenters. The van der Waals surface area contributed by atoms with Gasteiger partial charge in [-0.15, -0.1) is 0 Å². The number of carbonyl (C=O) groups is 1. The molecule has 0 aliphatic carbocycles. The van der Waals surface area contributed by atoms with Crippen LogP contribution in [0.4, 0.5) is 0 Å². The summed E-state index contributed by atoms with van der Waals surface area (Å²) >= 11 is 0. The van der Waals surface area contributed by atoms with Crippen molar-refractivity contribution in [3.63, 3.8) is 0 Å². The number of benzene rings is 1. The molecule has 2 rings (SSSR count). The number of aliphatic hydroxyl groups excluding tert-OH is 3. The molecule has 1 saturated heterocycles. The van der Waals surface area contributed by atoms with Crippen molar-refractivity contribution in [1.29, 1.82) is 0 Å². The summed E-state index contributed by atoms with van der Waals surface area (Å²) in [5, 5.41) is 47.7. The number of phenols is 1. The molecule has 8 nitrogen and oxygen atoms in total. The summed E-state index contributed by atoms with van der Waals surface area (Å²) < 4.78 is 10.2. The molecule has 116 valence electrons. The van der Waals surface area contributed by atoms with Crippen LogP contribution in [0.2, 0.25) is 0 Å². The first-order chi connectivity index (χ1) is 9.82. The van der Waals surface area contributed by atoms with Crippen LogP contribution in [0.3, 0.4) is 0 Å². The number of aliphatic carboxylic acids is 1. The number of aryl methyl sites for hydroxylation is 1. The van der Waals surface area contributed by atoms with Gasteiger partial charge in [0.1, 0.15) is 18.3 Å². The highest BCUT2D eigenvalue weighted by atomic mass is 16.7. The van der Waals surface area contributed by atoms with Crippen LogP contribution in [0.5, 0.6) is 11.5 Å². The van der Waals surface area contributed by atoms with Gasteiger partial charge < -0.3 is 35.0 Å². The van der Waals surface area contributed by atoms with Crippen molar-refractivity contribution in [2.45, 2.75) is 37.6 Å². The van der Waals surface area contributed by atoms with Gasteiger partial charge in [0.15, 0.2) is 17.6 Å². The van der Waals surface area contributed by atoms with Gasteiger partial charge in [-0.05, 0) is 18.6 Å². The molecule has 1 heterocycles. The van der Waals surface area contributed by atoms with E-state index in [9.17, 15) is 25.2 Å². The maximum atomic E-state index is 11.0. The number of aromatic hydroxyl groups is 1. The molecule has 0 spiro atoms. The molecule has 5 N–H and O–H groups in total. The Morgan fingerprint density at radius 1 is 1.19 bits per heavy atom. The summed E-state index contributed by atoms with van der Waals surface area (Å²) in [4.78, 5) is 11.0. The second-order valence-corrected chi connectivity index (χ2v) is 4.77. The van der Waals surface area contributed by atoms with Crippen molar-refractivity contribution in [2.75, 3.05) is 0 Å². The van der Waals surface area contributed by atoms with E-state index in [4.69, 9.17) is 14.6 Å². The molecular formula is C13H16O8. The number of hydrogen-bond acceptors (Lipinski definition) is 7. The number of carboxylic acid groups (broad SMARTS) is 1. The Labute approximate surface area is 119 Å². The Kier molecular flexibility index (Phi) is 4.33. The first-order valence-corrected chi connectivity index (χ1v) is 6.20. The lowest BCUT2D eigenvalue weighted by atomic mass is 9.99. The first-order valence-electron chi connectivity index (χ1n) is 6.20. The highest BCUT2D eigenvalue weighted by molar-refractivity contribution is 5.73. The molecular weight excluding hydrogens is 284 g/mol. The highest BCUT2D eigenvalue weighted by Gasteiger charge is 2.48. The van der Waals surface area contributed by atoms with Crippen molar-refractivity contribution in [3.8, 4) is 11.5 Å². The van der Waals surface area contributed by atoms with Gasteiger partial charge in [0, 0.05) is 0 Å². The van der Waals surface area contributed by atoms with E-state index in [1.807, 2.05) is 0 Å². The number of rotatable bonds is 3. The van der Waals surface area contributed by atoms with E-state index in [-0.39, 0.29) is 11.5 Å². The van der Waals surface area contributed by atoms with Crippen LogP contribution in [0.1, 0.15) is 5.56 Å². The lowest BCUT2D eigenvalue weighted by Gasteiger charge is -2.38. The number of hydrogen-bond donors (Lipinski definition) is 5. The number of ether oxygens (including phenoxy) is 2. The SMILES string of the molecule is Cc1cccc(OC2O[C@H](C(=O)O)[C@@H](O)[C@H](O)[C@H]2O)c1O.